The lowest BCUT2D eigenvalue weighted by molar-refractivity contribution is 0.0431. The van der Waals surface area contributed by atoms with Crippen LogP contribution in [0.3, 0.4) is 0 Å². The maximum absolute atomic E-state index is 12.6. The summed E-state index contributed by atoms with van der Waals surface area (Å²) in [5.41, 5.74) is 0.539. The minimum Gasteiger partial charge on any atom is -0.480 e. The quantitative estimate of drug-likeness (QED) is 0.831. The average Bonchev–Trinajstić information content (AvgIpc) is 3.08. The Bertz CT molecular complexity index is 509. The Balaban J connectivity index is 1.55. The molecule has 2 aliphatic heterocycles. The maximum atomic E-state index is 12.6. The number of nitrogens with zero attached hydrogens (tertiary/aromatic N) is 3. The Kier molecular flexibility index (Phi) is 4.90. The zero-order valence-corrected chi connectivity index (χ0v) is 13.0. The van der Waals surface area contributed by atoms with Gasteiger partial charge in [0.1, 0.15) is 5.56 Å². The van der Waals surface area contributed by atoms with Gasteiger partial charge in [-0.05, 0) is 25.0 Å². The van der Waals surface area contributed by atoms with Gasteiger partial charge in [0.05, 0.1) is 13.2 Å². The van der Waals surface area contributed by atoms with Crippen LogP contribution >= 0.6 is 0 Å². The molecule has 3 rings (SSSR count). The highest BCUT2D eigenvalue weighted by Crippen LogP contribution is 2.18. The fourth-order valence-electron chi connectivity index (χ4n) is 3.10. The number of amides is 1. The lowest BCUT2D eigenvalue weighted by atomic mass is 10.2. The molecule has 0 bridgehead atoms. The van der Waals surface area contributed by atoms with Gasteiger partial charge in [0.2, 0.25) is 5.88 Å². The number of carbonyl (C=O) groups excluding carboxylic acids is 1. The van der Waals surface area contributed by atoms with Crippen molar-refractivity contribution < 1.29 is 14.3 Å². The molecular formula is C16H23N3O3. The SMILES string of the molecule is COc1ncccc1C(=O)N1CCN(CC2CCCO2)CC1. The molecule has 22 heavy (non-hydrogen) atoms. The average molecular weight is 305 g/mol. The standard InChI is InChI=1S/C16H23N3O3/c1-21-15-14(5-2-6-17-15)16(20)19-9-7-18(8-10-19)12-13-4-3-11-22-13/h2,5-6,13H,3-4,7-12H2,1H3. The first-order valence-electron chi connectivity index (χ1n) is 7.90. The first-order valence-corrected chi connectivity index (χ1v) is 7.90. The van der Waals surface area contributed by atoms with Gasteiger partial charge in [-0.15, -0.1) is 0 Å². The van der Waals surface area contributed by atoms with E-state index in [1.54, 1.807) is 25.4 Å². The van der Waals surface area contributed by atoms with Crippen molar-refractivity contribution in [3.05, 3.63) is 23.9 Å². The second-order valence-corrected chi connectivity index (χ2v) is 5.79. The van der Waals surface area contributed by atoms with Crippen LogP contribution < -0.4 is 4.74 Å². The largest absolute Gasteiger partial charge is 0.480 e. The fraction of sp³-hybridized carbons (Fsp3) is 0.625. The molecule has 2 aliphatic rings. The molecule has 0 N–H and O–H groups in total. The van der Waals surface area contributed by atoms with Crippen LogP contribution in [0.15, 0.2) is 18.3 Å². The third-order valence-electron chi connectivity index (χ3n) is 4.34. The highest BCUT2D eigenvalue weighted by atomic mass is 16.5. The summed E-state index contributed by atoms with van der Waals surface area (Å²) in [5, 5.41) is 0. The molecule has 1 unspecified atom stereocenters. The normalized spacial score (nSPS) is 22.8. The van der Waals surface area contributed by atoms with Crippen LogP contribution in [0.5, 0.6) is 5.88 Å². The molecule has 0 aliphatic carbocycles. The summed E-state index contributed by atoms with van der Waals surface area (Å²) >= 11 is 0. The summed E-state index contributed by atoms with van der Waals surface area (Å²) in [6.45, 7) is 5.15. The Labute approximate surface area is 131 Å². The van der Waals surface area contributed by atoms with Gasteiger partial charge < -0.3 is 14.4 Å². The van der Waals surface area contributed by atoms with E-state index in [-0.39, 0.29) is 5.91 Å². The van der Waals surface area contributed by atoms with E-state index >= 15 is 0 Å². The first-order chi connectivity index (χ1) is 10.8. The van der Waals surface area contributed by atoms with Crippen molar-refractivity contribution in [3.8, 4) is 5.88 Å². The van der Waals surface area contributed by atoms with Crippen molar-refractivity contribution in [2.45, 2.75) is 18.9 Å². The lowest BCUT2D eigenvalue weighted by Crippen LogP contribution is -2.50. The number of carbonyl (C=O) groups is 1. The van der Waals surface area contributed by atoms with E-state index < -0.39 is 0 Å². The summed E-state index contributed by atoms with van der Waals surface area (Å²) in [6.07, 6.45) is 4.34. The molecule has 120 valence electrons. The Morgan fingerprint density at radius 2 is 2.23 bits per heavy atom. The molecule has 0 spiro atoms. The number of ether oxygens (including phenoxy) is 2. The number of pyridine rings is 1. The number of hydrogen-bond donors (Lipinski definition) is 0. The molecule has 6 heteroatoms. The lowest BCUT2D eigenvalue weighted by Gasteiger charge is -2.35. The van der Waals surface area contributed by atoms with Crippen LogP contribution in [-0.2, 0) is 4.74 Å². The third kappa shape index (κ3) is 3.39. The summed E-state index contributed by atoms with van der Waals surface area (Å²) in [6, 6.07) is 3.54. The fourth-order valence-corrected chi connectivity index (χ4v) is 3.10. The molecule has 2 fully saturated rings. The molecule has 1 aromatic heterocycles. The number of aromatic nitrogens is 1. The molecule has 1 amide bonds. The first kappa shape index (κ1) is 15.2. The van der Waals surface area contributed by atoms with Crippen molar-refractivity contribution in [3.63, 3.8) is 0 Å². The second-order valence-electron chi connectivity index (χ2n) is 5.79. The summed E-state index contributed by atoms with van der Waals surface area (Å²) in [4.78, 5) is 21.0. The minimum atomic E-state index is 0.00159. The smallest absolute Gasteiger partial charge is 0.259 e. The van der Waals surface area contributed by atoms with Crippen LogP contribution in [0.4, 0.5) is 0 Å². The second kappa shape index (κ2) is 7.07. The predicted octanol–water partition coefficient (Wildman–Crippen LogP) is 1.03. The van der Waals surface area contributed by atoms with E-state index in [9.17, 15) is 4.79 Å². The van der Waals surface area contributed by atoms with Crippen LogP contribution in [0, 0.1) is 0 Å². The zero-order valence-electron chi connectivity index (χ0n) is 13.0. The van der Waals surface area contributed by atoms with Gasteiger partial charge in [-0.2, -0.15) is 0 Å². The number of piperazine rings is 1. The number of hydrogen-bond acceptors (Lipinski definition) is 5. The Hall–Kier alpha value is -1.66. The van der Waals surface area contributed by atoms with Crippen LogP contribution in [-0.4, -0.2) is 73.2 Å². The predicted molar refractivity (Wildman–Crippen MR) is 82.1 cm³/mol. The third-order valence-corrected chi connectivity index (χ3v) is 4.34. The van der Waals surface area contributed by atoms with Crippen LogP contribution in [0.25, 0.3) is 0 Å². The van der Waals surface area contributed by atoms with Crippen LogP contribution in [0.1, 0.15) is 23.2 Å². The van der Waals surface area contributed by atoms with Gasteiger partial charge >= 0.3 is 0 Å². The van der Waals surface area contributed by atoms with Crippen molar-refractivity contribution in [2.75, 3.05) is 46.4 Å². The van der Waals surface area contributed by atoms with Crippen LogP contribution in [0.2, 0.25) is 0 Å². The van der Waals surface area contributed by atoms with E-state index in [1.807, 2.05) is 4.90 Å². The van der Waals surface area contributed by atoms with E-state index in [1.165, 1.54) is 6.42 Å². The minimum absolute atomic E-state index is 0.00159. The van der Waals surface area contributed by atoms with Crippen molar-refractivity contribution >= 4 is 5.91 Å². The van der Waals surface area contributed by atoms with Gasteiger partial charge in [-0.3, -0.25) is 9.69 Å². The number of methoxy groups -OCH3 is 1. The van der Waals surface area contributed by atoms with Gasteiger partial charge in [-0.1, -0.05) is 0 Å². The van der Waals surface area contributed by atoms with Gasteiger partial charge in [0, 0.05) is 45.5 Å². The van der Waals surface area contributed by atoms with E-state index in [0.717, 1.165) is 45.8 Å². The summed E-state index contributed by atoms with van der Waals surface area (Å²) in [7, 11) is 1.54. The molecule has 0 radical (unpaired) electrons. The van der Waals surface area contributed by atoms with E-state index in [2.05, 4.69) is 9.88 Å². The molecule has 6 nitrogen and oxygen atoms in total. The molecule has 1 atom stereocenters. The highest BCUT2D eigenvalue weighted by molar-refractivity contribution is 5.96. The monoisotopic (exact) mass is 305 g/mol. The van der Waals surface area contributed by atoms with Crippen molar-refractivity contribution in [1.82, 2.24) is 14.8 Å². The number of rotatable bonds is 4. The maximum Gasteiger partial charge on any atom is 0.259 e. The molecule has 1 aromatic rings. The van der Waals surface area contributed by atoms with E-state index in [4.69, 9.17) is 9.47 Å². The Morgan fingerprint density at radius 3 is 2.91 bits per heavy atom. The zero-order chi connectivity index (χ0) is 15.4. The van der Waals surface area contributed by atoms with Crippen molar-refractivity contribution in [1.29, 1.82) is 0 Å². The van der Waals surface area contributed by atoms with E-state index in [0.29, 0.717) is 17.5 Å². The van der Waals surface area contributed by atoms with Gasteiger partial charge in [0.25, 0.3) is 5.91 Å². The van der Waals surface area contributed by atoms with Gasteiger partial charge in [0.15, 0.2) is 0 Å². The molecule has 0 aromatic carbocycles. The molecule has 2 saturated heterocycles. The summed E-state index contributed by atoms with van der Waals surface area (Å²) < 4.78 is 10.9. The molecule has 0 saturated carbocycles. The molecule has 3 heterocycles. The topological polar surface area (TPSA) is 54.9 Å². The molecular weight excluding hydrogens is 282 g/mol. The van der Waals surface area contributed by atoms with Crippen molar-refractivity contribution in [2.24, 2.45) is 0 Å². The van der Waals surface area contributed by atoms with Gasteiger partial charge in [-0.25, -0.2) is 4.98 Å². The highest BCUT2D eigenvalue weighted by Gasteiger charge is 2.26. The Morgan fingerprint density at radius 1 is 1.41 bits per heavy atom. The summed E-state index contributed by atoms with van der Waals surface area (Å²) in [5.74, 6) is 0.399.